The Bertz CT molecular complexity index is 708. The molecule has 0 saturated heterocycles. The second-order valence-corrected chi connectivity index (χ2v) is 5.88. The van der Waals surface area contributed by atoms with Crippen molar-refractivity contribution in [1.29, 1.82) is 0 Å². The van der Waals surface area contributed by atoms with E-state index in [0.29, 0.717) is 23.5 Å². The van der Waals surface area contributed by atoms with Gasteiger partial charge in [0.25, 0.3) is 0 Å². The molecule has 0 aliphatic heterocycles. The zero-order chi connectivity index (χ0) is 14.8. The van der Waals surface area contributed by atoms with Crippen molar-refractivity contribution in [3.05, 3.63) is 34.2 Å². The molecule has 21 heavy (non-hydrogen) atoms. The van der Waals surface area contributed by atoms with Crippen LogP contribution in [0.15, 0.2) is 23.0 Å². The maximum atomic E-state index is 12.1. The fourth-order valence-electron chi connectivity index (χ4n) is 3.37. The molecule has 1 aliphatic rings. The normalized spacial score (nSPS) is 16.4. The van der Waals surface area contributed by atoms with Gasteiger partial charge >= 0.3 is 11.7 Å². The van der Waals surface area contributed by atoms with Crippen LogP contribution in [-0.2, 0) is 6.54 Å². The predicted octanol–water partition coefficient (Wildman–Crippen LogP) is 3.00. The van der Waals surface area contributed by atoms with E-state index in [2.05, 4.69) is 4.98 Å². The van der Waals surface area contributed by atoms with Gasteiger partial charge in [-0.2, -0.15) is 0 Å². The molecule has 1 aromatic carbocycles. The Morgan fingerprint density at radius 2 is 2.05 bits per heavy atom. The zero-order valence-electron chi connectivity index (χ0n) is 12.0. The highest BCUT2D eigenvalue weighted by atomic mass is 16.4. The number of carbonyl (C=O) groups is 1. The number of hydrogen-bond acceptors (Lipinski definition) is 2. The van der Waals surface area contributed by atoms with E-state index in [1.54, 1.807) is 16.7 Å². The number of nitrogens with zero attached hydrogens (tertiary/aromatic N) is 1. The van der Waals surface area contributed by atoms with Gasteiger partial charge in [0.2, 0.25) is 0 Å². The molecule has 0 spiro atoms. The van der Waals surface area contributed by atoms with Crippen LogP contribution in [0.1, 0.15) is 48.9 Å². The minimum absolute atomic E-state index is 0.154. The summed E-state index contributed by atoms with van der Waals surface area (Å²) >= 11 is 0. The second-order valence-electron chi connectivity index (χ2n) is 5.88. The molecule has 0 unspecified atom stereocenters. The summed E-state index contributed by atoms with van der Waals surface area (Å²) < 4.78 is 1.68. The number of aromatic nitrogens is 2. The molecule has 112 valence electrons. The number of aryl methyl sites for hydroxylation is 1. The summed E-state index contributed by atoms with van der Waals surface area (Å²) in [5.74, 6) is -0.320. The lowest BCUT2D eigenvalue weighted by Gasteiger charge is -2.21. The van der Waals surface area contributed by atoms with Crippen LogP contribution < -0.4 is 5.69 Å². The molecule has 3 rings (SSSR count). The summed E-state index contributed by atoms with van der Waals surface area (Å²) in [6.07, 6.45) is 7.39. The zero-order valence-corrected chi connectivity index (χ0v) is 12.0. The average Bonchev–Trinajstić information content (AvgIpc) is 2.81. The minimum atomic E-state index is -1.01. The van der Waals surface area contributed by atoms with E-state index < -0.39 is 5.97 Å². The first kappa shape index (κ1) is 13.9. The van der Waals surface area contributed by atoms with E-state index >= 15 is 0 Å². The van der Waals surface area contributed by atoms with E-state index in [-0.39, 0.29) is 11.3 Å². The van der Waals surface area contributed by atoms with E-state index in [1.165, 1.54) is 38.2 Å². The van der Waals surface area contributed by atoms with E-state index in [4.69, 9.17) is 0 Å². The number of rotatable bonds is 4. The summed E-state index contributed by atoms with van der Waals surface area (Å²) in [7, 11) is 0. The topological polar surface area (TPSA) is 75.1 Å². The van der Waals surface area contributed by atoms with Gasteiger partial charge in [-0.1, -0.05) is 38.2 Å². The van der Waals surface area contributed by atoms with Crippen LogP contribution >= 0.6 is 0 Å². The molecular formula is C16H20N2O3. The molecule has 2 N–H and O–H groups in total. The van der Waals surface area contributed by atoms with Gasteiger partial charge in [-0.25, -0.2) is 9.59 Å². The number of aromatic carboxylic acids is 1. The SMILES string of the molecule is O=C(O)c1cccc2c1[nH]c(=O)n2CCC1CCCCC1. The number of nitrogens with one attached hydrogen (secondary N) is 1. The molecule has 1 aliphatic carbocycles. The standard InChI is InChI=1S/C16H20N2O3/c19-15(20)12-7-4-8-13-14(12)17-16(21)18(13)10-9-11-5-2-1-3-6-11/h4,7-8,11H,1-3,5-6,9-10H2,(H,17,21)(H,19,20). The van der Waals surface area contributed by atoms with E-state index in [9.17, 15) is 14.7 Å². The minimum Gasteiger partial charge on any atom is -0.478 e. The number of hydrogen-bond donors (Lipinski definition) is 2. The number of fused-ring (bicyclic) bond motifs is 1. The molecule has 1 aromatic heterocycles. The molecule has 1 fully saturated rings. The molecule has 5 nitrogen and oxygen atoms in total. The Kier molecular flexibility index (Phi) is 3.82. The van der Waals surface area contributed by atoms with Crippen molar-refractivity contribution in [1.82, 2.24) is 9.55 Å². The van der Waals surface area contributed by atoms with Gasteiger partial charge in [0.05, 0.1) is 16.6 Å². The Morgan fingerprint density at radius 3 is 2.76 bits per heavy atom. The largest absolute Gasteiger partial charge is 0.478 e. The smallest absolute Gasteiger partial charge is 0.337 e. The number of para-hydroxylation sites is 1. The first-order valence-corrected chi connectivity index (χ1v) is 7.61. The number of carboxylic acids is 1. The molecule has 0 amide bonds. The summed E-state index contributed by atoms with van der Waals surface area (Å²) in [6.45, 7) is 0.659. The molecule has 1 saturated carbocycles. The maximum absolute atomic E-state index is 12.1. The van der Waals surface area contributed by atoms with Crippen molar-refractivity contribution >= 4 is 17.0 Å². The Hall–Kier alpha value is -2.04. The van der Waals surface area contributed by atoms with Crippen LogP contribution in [0.25, 0.3) is 11.0 Å². The third-order valence-electron chi connectivity index (χ3n) is 4.53. The average molecular weight is 288 g/mol. The van der Waals surface area contributed by atoms with Crippen LogP contribution in [0.3, 0.4) is 0 Å². The Morgan fingerprint density at radius 1 is 1.29 bits per heavy atom. The summed E-state index contributed by atoms with van der Waals surface area (Å²) in [6, 6.07) is 5.02. The van der Waals surface area contributed by atoms with Gasteiger partial charge in [0.1, 0.15) is 0 Å². The number of carboxylic acid groups (broad SMARTS) is 1. The van der Waals surface area contributed by atoms with Gasteiger partial charge in [0.15, 0.2) is 0 Å². The van der Waals surface area contributed by atoms with Crippen LogP contribution in [-0.4, -0.2) is 20.6 Å². The van der Waals surface area contributed by atoms with Gasteiger partial charge in [-0.3, -0.25) is 4.57 Å². The molecule has 1 heterocycles. The van der Waals surface area contributed by atoms with Crippen molar-refractivity contribution < 1.29 is 9.90 Å². The van der Waals surface area contributed by atoms with Gasteiger partial charge < -0.3 is 10.1 Å². The van der Waals surface area contributed by atoms with Crippen LogP contribution in [0, 0.1) is 5.92 Å². The monoisotopic (exact) mass is 288 g/mol. The summed E-state index contributed by atoms with van der Waals surface area (Å²) in [5.41, 5.74) is 1.06. The maximum Gasteiger partial charge on any atom is 0.337 e. The Labute approximate surface area is 122 Å². The van der Waals surface area contributed by atoms with Crippen molar-refractivity contribution in [2.45, 2.75) is 45.1 Å². The molecule has 5 heteroatoms. The van der Waals surface area contributed by atoms with Crippen molar-refractivity contribution in [3.8, 4) is 0 Å². The first-order chi connectivity index (χ1) is 10.2. The quantitative estimate of drug-likeness (QED) is 0.908. The number of H-pyrrole nitrogens is 1. The van der Waals surface area contributed by atoms with Crippen LogP contribution in [0.5, 0.6) is 0 Å². The first-order valence-electron chi connectivity index (χ1n) is 7.61. The predicted molar refractivity (Wildman–Crippen MR) is 80.7 cm³/mol. The molecule has 0 radical (unpaired) electrons. The van der Waals surface area contributed by atoms with Crippen molar-refractivity contribution in [2.24, 2.45) is 5.92 Å². The molecule has 0 bridgehead atoms. The van der Waals surface area contributed by atoms with Crippen LogP contribution in [0.2, 0.25) is 0 Å². The Balaban J connectivity index is 1.88. The third kappa shape index (κ3) is 2.73. The summed E-state index contributed by atoms with van der Waals surface area (Å²) in [5, 5.41) is 9.19. The fraction of sp³-hybridized carbons (Fsp3) is 0.500. The molecule has 0 atom stereocenters. The third-order valence-corrected chi connectivity index (χ3v) is 4.53. The van der Waals surface area contributed by atoms with Gasteiger partial charge in [0, 0.05) is 6.54 Å². The van der Waals surface area contributed by atoms with Crippen LogP contribution in [0.4, 0.5) is 0 Å². The highest BCUT2D eigenvalue weighted by molar-refractivity contribution is 6.00. The lowest BCUT2D eigenvalue weighted by molar-refractivity contribution is 0.0699. The summed E-state index contributed by atoms with van der Waals surface area (Å²) in [4.78, 5) is 26.0. The van der Waals surface area contributed by atoms with E-state index in [0.717, 1.165) is 6.42 Å². The number of benzene rings is 1. The second kappa shape index (κ2) is 5.76. The highest BCUT2D eigenvalue weighted by Crippen LogP contribution is 2.27. The molecule has 2 aromatic rings. The lowest BCUT2D eigenvalue weighted by Crippen LogP contribution is -2.19. The number of imidazole rings is 1. The number of aromatic amines is 1. The fourth-order valence-corrected chi connectivity index (χ4v) is 3.37. The van der Waals surface area contributed by atoms with Gasteiger partial charge in [-0.05, 0) is 24.5 Å². The lowest BCUT2D eigenvalue weighted by atomic mass is 9.87. The van der Waals surface area contributed by atoms with Crippen molar-refractivity contribution in [2.75, 3.05) is 0 Å². The van der Waals surface area contributed by atoms with Crippen molar-refractivity contribution in [3.63, 3.8) is 0 Å². The van der Waals surface area contributed by atoms with Gasteiger partial charge in [-0.15, -0.1) is 0 Å². The highest BCUT2D eigenvalue weighted by Gasteiger charge is 2.17. The molecular weight excluding hydrogens is 268 g/mol. The van der Waals surface area contributed by atoms with E-state index in [1.807, 2.05) is 0 Å².